The number of ether oxygens (including phenoxy) is 4. The highest BCUT2D eigenvalue weighted by molar-refractivity contribution is 5.83. The number of anilines is 1. The van der Waals surface area contributed by atoms with E-state index in [2.05, 4.69) is 25.6 Å². The van der Waals surface area contributed by atoms with Crippen molar-refractivity contribution in [3.05, 3.63) is 72.3 Å². The molecule has 2 aromatic carbocycles. The van der Waals surface area contributed by atoms with Gasteiger partial charge in [-0.25, -0.2) is 15.0 Å². The summed E-state index contributed by atoms with van der Waals surface area (Å²) in [5.41, 5.74) is 9.08. The predicted octanol–water partition coefficient (Wildman–Crippen LogP) is -0.292. The molecule has 2 fully saturated rings. The maximum atomic E-state index is 12.8. The van der Waals surface area contributed by atoms with Crippen molar-refractivity contribution in [2.45, 2.75) is 68.5 Å². The van der Waals surface area contributed by atoms with E-state index in [0.717, 1.165) is 16.9 Å². The number of β-amino-alcohol motifs (C(OH)–C–C–N with tert-alkyl or cyclic N) is 1. The van der Waals surface area contributed by atoms with Crippen LogP contribution < -0.4 is 30.7 Å². The zero-order valence-corrected chi connectivity index (χ0v) is 30.3. The lowest BCUT2D eigenvalue weighted by atomic mass is 10.0. The Morgan fingerprint density at radius 3 is 2.26 bits per heavy atom. The first kappa shape index (κ1) is 39.3. The normalized spacial score (nSPS) is 24.2. The maximum absolute atomic E-state index is 12.8. The molecule has 0 saturated carbocycles. The minimum atomic E-state index is -1.18. The molecule has 1 amide bonds. The van der Waals surface area contributed by atoms with Crippen LogP contribution >= 0.6 is 0 Å². The molecule has 6 rings (SSSR count). The summed E-state index contributed by atoms with van der Waals surface area (Å²) in [5.74, 6) is 1.30. The molecule has 0 unspecified atom stereocenters. The van der Waals surface area contributed by atoms with Gasteiger partial charge in [-0.05, 0) is 48.2 Å². The van der Waals surface area contributed by atoms with Gasteiger partial charge < -0.3 is 55.5 Å². The summed E-state index contributed by atoms with van der Waals surface area (Å²) in [6, 6.07) is 13.2. The molecular formula is C36H48N8O9. The first-order valence-electron chi connectivity index (χ1n) is 17.1. The van der Waals surface area contributed by atoms with Gasteiger partial charge in [-0.15, -0.1) is 0 Å². The highest BCUT2D eigenvalue weighted by Gasteiger charge is 2.46. The monoisotopic (exact) mass is 736 g/mol. The second-order valence-electron chi connectivity index (χ2n) is 13.1. The Morgan fingerprint density at radius 1 is 1.04 bits per heavy atom. The van der Waals surface area contributed by atoms with Crippen molar-refractivity contribution < 1.29 is 43.9 Å². The third-order valence-electron chi connectivity index (χ3n) is 9.13. The van der Waals surface area contributed by atoms with Crippen molar-refractivity contribution in [2.24, 2.45) is 5.73 Å². The quantitative estimate of drug-likeness (QED) is 0.103. The second-order valence-corrected chi connectivity index (χ2v) is 13.1. The van der Waals surface area contributed by atoms with E-state index >= 15 is 0 Å². The number of nitrogens with two attached hydrogens (primary N) is 1. The van der Waals surface area contributed by atoms with E-state index in [-0.39, 0.29) is 12.0 Å². The average molecular weight is 737 g/mol. The molecule has 17 nitrogen and oxygen atoms in total. The topological polar surface area (TPSA) is 229 Å². The highest BCUT2D eigenvalue weighted by Crippen LogP contribution is 2.32. The Hall–Kier alpha value is -4.91. The molecule has 53 heavy (non-hydrogen) atoms. The summed E-state index contributed by atoms with van der Waals surface area (Å²) < 4.78 is 22.9. The standard InChI is InChI=1S/C22H29N7O5.C14H19NO4/c1-28(2)19-17-20(25-10-24-19)29(11-26-17)22-18(31)16(15(9-30)34-22)27-21(32)14(23)8-12-4-6-13(33-3)7-5-12;1-9(16)19-14-12(15-8-13(14)17)7-10-3-5-11(18-2)6-4-10/h4-7,10-11,14-16,18,22,30-31H,8-9,23H2,1-3H3,(H,27,32);3-6,12-15,17H,7-8H2,1-2H3/t14-,15+,16+,18+,22+;12-,13+,14+/m01/s1. The van der Waals surface area contributed by atoms with Gasteiger partial charge in [0.1, 0.15) is 42.2 Å². The van der Waals surface area contributed by atoms with Crippen LogP contribution in [0.1, 0.15) is 24.3 Å². The minimum absolute atomic E-state index is 0.0627. The Kier molecular flexibility index (Phi) is 13.2. The van der Waals surface area contributed by atoms with Crippen LogP contribution in [0.3, 0.4) is 0 Å². The fourth-order valence-electron chi connectivity index (χ4n) is 6.37. The number of aliphatic hydroxyl groups excluding tert-OH is 3. The molecular weight excluding hydrogens is 688 g/mol. The van der Waals surface area contributed by atoms with E-state index in [4.69, 9.17) is 24.7 Å². The number of aliphatic hydroxyl groups is 3. The van der Waals surface area contributed by atoms with Crippen LogP contribution in [0.2, 0.25) is 0 Å². The summed E-state index contributed by atoms with van der Waals surface area (Å²) in [5, 5.41) is 36.6. The number of imidazole rings is 1. The third-order valence-corrected chi connectivity index (χ3v) is 9.13. The van der Waals surface area contributed by atoms with E-state index < -0.39 is 55.2 Å². The lowest BCUT2D eigenvalue weighted by molar-refractivity contribution is -0.151. The number of methoxy groups -OCH3 is 2. The van der Waals surface area contributed by atoms with Crippen molar-refractivity contribution >= 4 is 28.9 Å². The van der Waals surface area contributed by atoms with Crippen LogP contribution in [0.25, 0.3) is 11.2 Å². The number of aromatic nitrogens is 4. The first-order valence-corrected chi connectivity index (χ1v) is 17.1. The number of nitrogens with one attached hydrogen (secondary N) is 2. The minimum Gasteiger partial charge on any atom is -0.497 e. The molecule has 4 aromatic rings. The number of hydrogen-bond donors (Lipinski definition) is 6. The largest absolute Gasteiger partial charge is 0.497 e. The fraction of sp³-hybridized carbons (Fsp3) is 0.472. The average Bonchev–Trinajstić information content (AvgIpc) is 3.83. The Bertz CT molecular complexity index is 1810. The number of fused-ring (bicyclic) bond motifs is 1. The third kappa shape index (κ3) is 9.37. The molecule has 2 saturated heterocycles. The lowest BCUT2D eigenvalue weighted by Crippen LogP contribution is -2.53. The molecule has 2 aliphatic rings. The van der Waals surface area contributed by atoms with Crippen LogP contribution in [0.5, 0.6) is 11.5 Å². The van der Waals surface area contributed by atoms with Gasteiger partial charge >= 0.3 is 5.97 Å². The zero-order valence-electron chi connectivity index (χ0n) is 30.3. The lowest BCUT2D eigenvalue weighted by Gasteiger charge is -2.23. The van der Waals surface area contributed by atoms with Gasteiger partial charge in [0.05, 0.1) is 45.3 Å². The van der Waals surface area contributed by atoms with Crippen molar-refractivity contribution in [1.29, 1.82) is 0 Å². The molecule has 7 N–H and O–H groups in total. The van der Waals surface area contributed by atoms with Crippen LogP contribution in [0.15, 0.2) is 61.2 Å². The van der Waals surface area contributed by atoms with E-state index in [9.17, 15) is 24.9 Å². The molecule has 2 aliphatic heterocycles. The molecule has 0 bridgehead atoms. The predicted molar refractivity (Wildman–Crippen MR) is 193 cm³/mol. The van der Waals surface area contributed by atoms with Gasteiger partial charge in [-0.1, -0.05) is 24.3 Å². The molecule has 0 radical (unpaired) electrons. The first-order chi connectivity index (χ1) is 25.4. The molecule has 4 heterocycles. The molecule has 0 aliphatic carbocycles. The van der Waals surface area contributed by atoms with E-state index in [1.165, 1.54) is 19.6 Å². The van der Waals surface area contributed by atoms with Crippen LogP contribution in [-0.2, 0) is 31.9 Å². The Balaban J connectivity index is 0.000000241. The van der Waals surface area contributed by atoms with Crippen molar-refractivity contribution in [2.75, 3.05) is 46.4 Å². The molecule has 8 atom stereocenters. The number of carbonyl (C=O) groups is 2. The van der Waals surface area contributed by atoms with Crippen molar-refractivity contribution in [3.8, 4) is 11.5 Å². The Morgan fingerprint density at radius 2 is 1.68 bits per heavy atom. The maximum Gasteiger partial charge on any atom is 0.303 e. The number of amides is 1. The molecule has 286 valence electrons. The van der Waals surface area contributed by atoms with Gasteiger partial charge in [-0.3, -0.25) is 14.2 Å². The second kappa shape index (κ2) is 17.7. The summed E-state index contributed by atoms with van der Waals surface area (Å²) in [6.07, 6.45) is -0.190. The van der Waals surface area contributed by atoms with E-state index in [1.54, 1.807) is 35.8 Å². The van der Waals surface area contributed by atoms with Gasteiger partial charge in [0.15, 0.2) is 23.2 Å². The molecule has 0 spiro atoms. The van der Waals surface area contributed by atoms with Crippen LogP contribution in [0, 0.1) is 0 Å². The summed E-state index contributed by atoms with van der Waals surface area (Å²) in [7, 11) is 6.88. The number of rotatable bonds is 12. The fourth-order valence-corrected chi connectivity index (χ4v) is 6.37. The van der Waals surface area contributed by atoms with Gasteiger partial charge in [0.25, 0.3) is 0 Å². The SMILES string of the molecule is COc1ccc(C[C@H](N)C(=O)N[C@H]2[C@@H](O)[C@H](n3cnc4c(N(C)C)ncnc43)O[C@@H]2CO)cc1.COc1ccc(C[C@H]2NC[C@H](O)[C@H]2OC(C)=O)cc1. The van der Waals surface area contributed by atoms with Crippen LogP contribution in [-0.4, -0.2) is 131 Å². The highest BCUT2D eigenvalue weighted by atomic mass is 16.6. The van der Waals surface area contributed by atoms with Gasteiger partial charge in [0, 0.05) is 27.6 Å². The summed E-state index contributed by atoms with van der Waals surface area (Å²) >= 11 is 0. The number of esters is 1. The smallest absolute Gasteiger partial charge is 0.303 e. The summed E-state index contributed by atoms with van der Waals surface area (Å²) in [4.78, 5) is 38.5. The number of carbonyl (C=O) groups excluding carboxylic acids is 2. The van der Waals surface area contributed by atoms with E-state index in [1.807, 2.05) is 50.5 Å². The summed E-state index contributed by atoms with van der Waals surface area (Å²) in [6.45, 7) is 1.39. The van der Waals surface area contributed by atoms with Crippen molar-refractivity contribution in [1.82, 2.24) is 30.2 Å². The number of hydrogen-bond acceptors (Lipinski definition) is 15. The zero-order chi connectivity index (χ0) is 38.2. The molecule has 2 aromatic heterocycles. The molecule has 17 heteroatoms. The number of nitrogens with zero attached hydrogens (tertiary/aromatic N) is 5. The van der Waals surface area contributed by atoms with E-state index in [0.29, 0.717) is 42.1 Å². The van der Waals surface area contributed by atoms with Gasteiger partial charge in [0.2, 0.25) is 5.91 Å². The van der Waals surface area contributed by atoms with Crippen molar-refractivity contribution in [3.63, 3.8) is 0 Å². The van der Waals surface area contributed by atoms with Gasteiger partial charge in [-0.2, -0.15) is 0 Å². The van der Waals surface area contributed by atoms with Crippen LogP contribution in [0.4, 0.5) is 5.82 Å². The number of benzene rings is 2. The Labute approximate surface area is 307 Å².